The topological polar surface area (TPSA) is 113 Å². The number of carbonyl (C=O) groups excluding carboxylic acids is 3. The van der Waals surface area contributed by atoms with Crippen LogP contribution >= 0.6 is 0 Å². The van der Waals surface area contributed by atoms with Gasteiger partial charge in [-0.1, -0.05) is 54.9 Å². The Bertz CT molecular complexity index is 789. The highest BCUT2D eigenvalue weighted by Crippen LogP contribution is 2.46. The van der Waals surface area contributed by atoms with E-state index in [-0.39, 0.29) is 23.2 Å². The first-order valence-electron chi connectivity index (χ1n) is 11.2. The molecule has 1 aliphatic carbocycles. The Morgan fingerprint density at radius 2 is 1.65 bits per heavy atom. The van der Waals surface area contributed by atoms with Crippen LogP contribution in [0.4, 0.5) is 0 Å². The third-order valence-electron chi connectivity index (χ3n) is 6.86. The molecule has 1 fully saturated rings. The van der Waals surface area contributed by atoms with Crippen LogP contribution in [0.25, 0.3) is 0 Å². The average Bonchev–Trinajstić information content (AvgIpc) is 3.39. The SMILES string of the molecule is CCC(C(=O)NC1(C(=O)NS(=O)(=O)C(C)CC)CC1CC)N(C)C(=O)C(C)C(C)(C)C. The van der Waals surface area contributed by atoms with Crippen LogP contribution in [0.2, 0.25) is 0 Å². The standard InChI is InChI=1S/C22H41N3O5S/c1-10-14(4)31(29,30)24-20(28)22(13-16(22)11-2)23-18(26)17(12-3)25(9)19(27)15(5)21(6,7)8/h14-17H,10-13H2,1-9H3,(H,23,26)(H,24,28). The molecule has 0 aromatic heterocycles. The summed E-state index contributed by atoms with van der Waals surface area (Å²) in [4.78, 5) is 40.4. The van der Waals surface area contributed by atoms with Crippen molar-refractivity contribution in [2.24, 2.45) is 17.3 Å². The van der Waals surface area contributed by atoms with Crippen LogP contribution in [0.1, 0.15) is 81.1 Å². The molecule has 1 saturated carbocycles. The van der Waals surface area contributed by atoms with E-state index in [1.165, 1.54) is 11.8 Å². The van der Waals surface area contributed by atoms with Crippen molar-refractivity contribution in [3.63, 3.8) is 0 Å². The van der Waals surface area contributed by atoms with Gasteiger partial charge in [-0.25, -0.2) is 8.42 Å². The van der Waals surface area contributed by atoms with Gasteiger partial charge >= 0.3 is 0 Å². The molecular formula is C22H41N3O5S. The zero-order chi connectivity index (χ0) is 24.4. The van der Waals surface area contributed by atoms with Gasteiger partial charge in [-0.05, 0) is 37.5 Å². The van der Waals surface area contributed by atoms with E-state index in [0.29, 0.717) is 25.7 Å². The van der Waals surface area contributed by atoms with Crippen LogP contribution in [0.15, 0.2) is 0 Å². The summed E-state index contributed by atoms with van der Waals surface area (Å²) >= 11 is 0. The molecule has 0 radical (unpaired) electrons. The zero-order valence-corrected chi connectivity index (χ0v) is 21.4. The monoisotopic (exact) mass is 459 g/mol. The highest BCUT2D eigenvalue weighted by molar-refractivity contribution is 7.90. The molecule has 5 unspecified atom stereocenters. The predicted molar refractivity (Wildman–Crippen MR) is 122 cm³/mol. The van der Waals surface area contributed by atoms with Gasteiger partial charge in [-0.3, -0.25) is 19.1 Å². The zero-order valence-electron chi connectivity index (χ0n) is 20.5. The lowest BCUT2D eigenvalue weighted by Gasteiger charge is -2.34. The first-order chi connectivity index (χ1) is 14.1. The number of nitrogens with zero attached hydrogens (tertiary/aromatic N) is 1. The maximum Gasteiger partial charge on any atom is 0.259 e. The van der Waals surface area contributed by atoms with Crippen LogP contribution < -0.4 is 10.0 Å². The van der Waals surface area contributed by atoms with E-state index in [0.717, 1.165) is 0 Å². The molecule has 5 atom stereocenters. The Labute approximate surface area is 188 Å². The Morgan fingerprint density at radius 3 is 2.03 bits per heavy atom. The van der Waals surface area contributed by atoms with E-state index in [1.54, 1.807) is 20.9 Å². The van der Waals surface area contributed by atoms with Gasteiger partial charge in [0.1, 0.15) is 11.6 Å². The molecule has 0 spiro atoms. The fourth-order valence-electron chi connectivity index (χ4n) is 3.62. The molecule has 31 heavy (non-hydrogen) atoms. The maximum atomic E-state index is 13.1. The third-order valence-corrected chi connectivity index (χ3v) is 8.73. The second-order valence-corrected chi connectivity index (χ2v) is 12.0. The predicted octanol–water partition coefficient (Wildman–Crippen LogP) is 2.44. The summed E-state index contributed by atoms with van der Waals surface area (Å²) in [5.41, 5.74) is -1.51. The van der Waals surface area contributed by atoms with Crippen LogP contribution in [0.3, 0.4) is 0 Å². The van der Waals surface area contributed by atoms with Crippen molar-refractivity contribution >= 4 is 27.7 Å². The van der Waals surface area contributed by atoms with Gasteiger partial charge in [-0.2, -0.15) is 0 Å². The Hall–Kier alpha value is -1.64. The molecule has 1 rings (SSSR count). The molecule has 0 aromatic carbocycles. The van der Waals surface area contributed by atoms with E-state index < -0.39 is 38.7 Å². The number of nitrogens with one attached hydrogen (secondary N) is 2. The molecule has 9 heteroatoms. The van der Waals surface area contributed by atoms with Crippen LogP contribution in [-0.4, -0.2) is 54.9 Å². The van der Waals surface area contributed by atoms with Crippen LogP contribution in [0.5, 0.6) is 0 Å². The number of likely N-dealkylation sites (N-methyl/N-ethyl adjacent to an activating group) is 1. The van der Waals surface area contributed by atoms with Gasteiger partial charge < -0.3 is 10.2 Å². The molecule has 1 aliphatic rings. The van der Waals surface area contributed by atoms with Gasteiger partial charge in [0.25, 0.3) is 5.91 Å². The highest BCUT2D eigenvalue weighted by Gasteiger charge is 2.61. The van der Waals surface area contributed by atoms with Crippen molar-refractivity contribution in [1.29, 1.82) is 0 Å². The number of rotatable bonds is 10. The van der Waals surface area contributed by atoms with Crippen molar-refractivity contribution in [2.45, 2.75) is 97.9 Å². The lowest BCUT2D eigenvalue weighted by molar-refractivity contribution is -0.145. The number of amides is 3. The maximum absolute atomic E-state index is 13.1. The molecule has 2 N–H and O–H groups in total. The third kappa shape index (κ3) is 5.99. The molecule has 3 amide bonds. The van der Waals surface area contributed by atoms with E-state index >= 15 is 0 Å². The van der Waals surface area contributed by atoms with Crippen molar-refractivity contribution in [3.05, 3.63) is 0 Å². The van der Waals surface area contributed by atoms with Crippen LogP contribution in [-0.2, 0) is 24.4 Å². The van der Waals surface area contributed by atoms with E-state index in [4.69, 9.17) is 0 Å². The molecule has 0 saturated heterocycles. The second-order valence-electron chi connectivity index (χ2n) is 9.93. The lowest BCUT2D eigenvalue weighted by atomic mass is 9.81. The molecule has 0 heterocycles. The average molecular weight is 460 g/mol. The van der Waals surface area contributed by atoms with Crippen LogP contribution in [0, 0.1) is 17.3 Å². The van der Waals surface area contributed by atoms with Crippen molar-refractivity contribution < 1.29 is 22.8 Å². The summed E-state index contributed by atoms with van der Waals surface area (Å²) in [5, 5.41) is 2.09. The fourth-order valence-corrected chi connectivity index (χ4v) is 4.70. The van der Waals surface area contributed by atoms with E-state index in [1.807, 2.05) is 34.6 Å². The lowest BCUT2D eigenvalue weighted by Crippen LogP contribution is -2.58. The molecule has 180 valence electrons. The summed E-state index contributed by atoms with van der Waals surface area (Å²) in [5.74, 6) is -1.71. The number of hydrogen-bond acceptors (Lipinski definition) is 5. The minimum Gasteiger partial charge on any atom is -0.340 e. The largest absolute Gasteiger partial charge is 0.340 e. The smallest absolute Gasteiger partial charge is 0.259 e. The summed E-state index contributed by atoms with van der Waals surface area (Å²) in [6, 6.07) is -0.744. The molecule has 8 nitrogen and oxygen atoms in total. The molecular weight excluding hydrogens is 418 g/mol. The Morgan fingerprint density at radius 1 is 1.10 bits per heavy atom. The second kappa shape index (κ2) is 9.88. The summed E-state index contributed by atoms with van der Waals surface area (Å²) < 4.78 is 26.9. The van der Waals surface area contributed by atoms with E-state index in [2.05, 4.69) is 10.0 Å². The number of carbonyl (C=O) groups is 3. The molecule has 0 aromatic rings. The highest BCUT2D eigenvalue weighted by atomic mass is 32.2. The van der Waals surface area contributed by atoms with Crippen molar-refractivity contribution in [3.8, 4) is 0 Å². The molecule has 0 aliphatic heterocycles. The first kappa shape index (κ1) is 27.4. The normalized spacial score (nSPS) is 24.0. The summed E-state index contributed by atoms with van der Waals surface area (Å²) in [6.07, 6.45) is 1.76. The first-order valence-corrected chi connectivity index (χ1v) is 12.8. The number of sulfonamides is 1. The summed E-state index contributed by atoms with van der Waals surface area (Å²) in [7, 11) is -2.22. The minimum absolute atomic E-state index is 0.143. The fraction of sp³-hybridized carbons (Fsp3) is 0.864. The van der Waals surface area contributed by atoms with Crippen molar-refractivity contribution in [2.75, 3.05) is 7.05 Å². The van der Waals surface area contributed by atoms with Gasteiger partial charge in [-0.15, -0.1) is 0 Å². The Kier molecular flexibility index (Phi) is 8.73. The Balaban J connectivity index is 3.05. The van der Waals surface area contributed by atoms with Gasteiger partial charge in [0.05, 0.1) is 5.25 Å². The van der Waals surface area contributed by atoms with Gasteiger partial charge in [0.15, 0.2) is 0 Å². The van der Waals surface area contributed by atoms with Gasteiger partial charge in [0, 0.05) is 13.0 Å². The van der Waals surface area contributed by atoms with E-state index in [9.17, 15) is 22.8 Å². The van der Waals surface area contributed by atoms with Crippen molar-refractivity contribution in [1.82, 2.24) is 14.9 Å². The molecule has 0 bridgehead atoms. The van der Waals surface area contributed by atoms with Gasteiger partial charge in [0.2, 0.25) is 21.8 Å². The summed E-state index contributed by atoms with van der Waals surface area (Å²) in [6.45, 7) is 14.7. The quantitative estimate of drug-likeness (QED) is 0.521. The minimum atomic E-state index is -3.82. The number of hydrogen-bond donors (Lipinski definition) is 2.